The van der Waals surface area contributed by atoms with E-state index in [1.807, 2.05) is 18.0 Å². The highest BCUT2D eigenvalue weighted by Gasteiger charge is 2.22. The molecule has 0 unspecified atom stereocenters. The van der Waals surface area contributed by atoms with Crippen LogP contribution < -0.4 is 9.80 Å². The van der Waals surface area contributed by atoms with Crippen LogP contribution in [-0.4, -0.2) is 46.3 Å². The zero-order valence-electron chi connectivity index (χ0n) is 13.8. The minimum atomic E-state index is -0.254. The van der Waals surface area contributed by atoms with Crippen LogP contribution in [0.2, 0.25) is 0 Å². The summed E-state index contributed by atoms with van der Waals surface area (Å²) in [6, 6.07) is 1.90. The second kappa shape index (κ2) is 6.80. The molecule has 1 saturated heterocycles. The molecule has 1 atom stereocenters. The first-order valence-electron chi connectivity index (χ1n) is 7.94. The van der Waals surface area contributed by atoms with Crippen LogP contribution in [0.5, 0.6) is 0 Å². The molecule has 0 amide bonds. The van der Waals surface area contributed by atoms with Crippen LogP contribution in [0.3, 0.4) is 0 Å². The zero-order chi connectivity index (χ0) is 16.4. The molecule has 0 spiro atoms. The van der Waals surface area contributed by atoms with Crippen molar-refractivity contribution in [1.29, 1.82) is 0 Å². The van der Waals surface area contributed by atoms with E-state index in [2.05, 4.69) is 39.1 Å². The number of anilines is 2. The van der Waals surface area contributed by atoms with E-state index >= 15 is 0 Å². The van der Waals surface area contributed by atoms with Crippen molar-refractivity contribution in [3.8, 4) is 0 Å². The summed E-state index contributed by atoms with van der Waals surface area (Å²) in [5, 5.41) is 12.9. The fourth-order valence-corrected chi connectivity index (χ4v) is 3.45. The Hall–Kier alpha value is -1.73. The number of thiazole rings is 1. The average molecular weight is 333 g/mol. The van der Waals surface area contributed by atoms with Gasteiger partial charge in [0.25, 0.3) is 0 Å². The third-order valence-corrected chi connectivity index (χ3v) is 5.11. The maximum Gasteiger partial charge on any atom is 0.227 e. The van der Waals surface area contributed by atoms with E-state index in [4.69, 9.17) is 0 Å². The predicted molar refractivity (Wildman–Crippen MR) is 93.2 cm³/mol. The minimum Gasteiger partial charge on any atom is -0.391 e. The zero-order valence-corrected chi connectivity index (χ0v) is 14.6. The van der Waals surface area contributed by atoms with E-state index in [9.17, 15) is 5.11 Å². The summed E-state index contributed by atoms with van der Waals surface area (Å²) in [6.07, 6.45) is 2.32. The highest BCUT2D eigenvalue weighted by atomic mass is 32.1. The molecule has 0 radical (unpaired) electrons. The van der Waals surface area contributed by atoms with Gasteiger partial charge in [-0.25, -0.2) is 9.97 Å². The van der Waals surface area contributed by atoms with Crippen molar-refractivity contribution < 1.29 is 5.11 Å². The van der Waals surface area contributed by atoms with E-state index in [1.165, 1.54) is 0 Å². The summed E-state index contributed by atoms with van der Waals surface area (Å²) in [6.45, 7) is 6.48. The SMILES string of the molecule is CC(C)c1nc(CN(C)c2nccc(N3CC[C@H](O)C3)n2)cs1. The first kappa shape index (κ1) is 16.1. The Balaban J connectivity index is 1.70. The number of nitrogens with zero attached hydrogens (tertiary/aromatic N) is 5. The van der Waals surface area contributed by atoms with Crippen LogP contribution in [0, 0.1) is 0 Å². The summed E-state index contributed by atoms with van der Waals surface area (Å²) in [5.41, 5.74) is 1.05. The molecule has 23 heavy (non-hydrogen) atoms. The molecular formula is C16H23N5OS. The number of hydrogen-bond donors (Lipinski definition) is 1. The van der Waals surface area contributed by atoms with Crippen LogP contribution in [-0.2, 0) is 6.54 Å². The molecule has 0 saturated carbocycles. The summed E-state index contributed by atoms with van der Waals surface area (Å²) in [4.78, 5) is 17.8. The van der Waals surface area contributed by atoms with Crippen molar-refractivity contribution in [2.45, 2.75) is 38.8 Å². The Labute approximate surface area is 140 Å². The molecule has 2 aromatic rings. The maximum atomic E-state index is 9.68. The van der Waals surface area contributed by atoms with Crippen LogP contribution in [0.25, 0.3) is 0 Å². The lowest BCUT2D eigenvalue weighted by molar-refractivity contribution is 0.198. The van der Waals surface area contributed by atoms with Gasteiger partial charge in [-0.05, 0) is 12.5 Å². The molecule has 3 heterocycles. The van der Waals surface area contributed by atoms with Crippen molar-refractivity contribution in [2.24, 2.45) is 0 Å². The Morgan fingerprint density at radius 2 is 2.26 bits per heavy atom. The monoisotopic (exact) mass is 333 g/mol. The highest BCUT2D eigenvalue weighted by Crippen LogP contribution is 2.22. The van der Waals surface area contributed by atoms with Gasteiger partial charge in [0.1, 0.15) is 5.82 Å². The maximum absolute atomic E-state index is 9.68. The van der Waals surface area contributed by atoms with Crippen LogP contribution in [0.15, 0.2) is 17.6 Å². The van der Waals surface area contributed by atoms with Gasteiger partial charge in [-0.1, -0.05) is 13.8 Å². The van der Waals surface area contributed by atoms with Crippen molar-refractivity contribution in [2.75, 3.05) is 29.9 Å². The van der Waals surface area contributed by atoms with Gasteiger partial charge in [-0.15, -0.1) is 11.3 Å². The number of aromatic nitrogens is 3. The molecule has 1 N–H and O–H groups in total. The number of β-amino-alcohol motifs (C(OH)–C–C–N with tert-alkyl or cyclic N) is 1. The summed E-state index contributed by atoms with van der Waals surface area (Å²) in [5.74, 6) is 2.02. The van der Waals surface area contributed by atoms with Gasteiger partial charge in [0.2, 0.25) is 5.95 Å². The van der Waals surface area contributed by atoms with E-state index < -0.39 is 0 Å². The molecule has 6 nitrogen and oxygen atoms in total. The fourth-order valence-electron chi connectivity index (χ4n) is 2.62. The van der Waals surface area contributed by atoms with Crippen molar-refractivity contribution in [3.05, 3.63) is 28.3 Å². The molecule has 0 bridgehead atoms. The van der Waals surface area contributed by atoms with Gasteiger partial charge >= 0.3 is 0 Å². The molecule has 3 rings (SSSR count). The van der Waals surface area contributed by atoms with E-state index in [0.717, 1.165) is 29.5 Å². The third-order valence-electron chi connectivity index (χ3n) is 3.92. The summed E-state index contributed by atoms with van der Waals surface area (Å²) in [7, 11) is 1.98. The number of hydrogen-bond acceptors (Lipinski definition) is 7. The second-order valence-corrected chi connectivity index (χ2v) is 7.18. The van der Waals surface area contributed by atoms with Gasteiger partial charge in [0.05, 0.1) is 23.4 Å². The lowest BCUT2D eigenvalue weighted by Gasteiger charge is -2.20. The van der Waals surface area contributed by atoms with Gasteiger partial charge in [-0.2, -0.15) is 4.98 Å². The predicted octanol–water partition coefficient (Wildman–Crippen LogP) is 2.26. The molecule has 2 aromatic heterocycles. The average Bonchev–Trinajstić information content (AvgIpc) is 3.16. The molecule has 1 fully saturated rings. The largest absolute Gasteiger partial charge is 0.391 e. The normalized spacial score (nSPS) is 18.0. The standard InChI is InChI=1S/C16H23N5OS/c1-11(2)15-18-12(10-23-15)8-20(3)16-17-6-4-14(19-16)21-7-5-13(22)9-21/h4,6,10-11,13,22H,5,7-9H2,1-3H3/t13-/m0/s1. The summed E-state index contributed by atoms with van der Waals surface area (Å²) < 4.78 is 0. The first-order chi connectivity index (χ1) is 11.0. The third kappa shape index (κ3) is 3.79. The smallest absolute Gasteiger partial charge is 0.227 e. The summed E-state index contributed by atoms with van der Waals surface area (Å²) >= 11 is 1.70. The van der Waals surface area contributed by atoms with Gasteiger partial charge in [-0.3, -0.25) is 0 Å². The number of rotatable bonds is 5. The lowest BCUT2D eigenvalue weighted by atomic mass is 10.2. The number of aliphatic hydroxyl groups excluding tert-OH is 1. The molecular weight excluding hydrogens is 310 g/mol. The van der Waals surface area contributed by atoms with Crippen LogP contribution >= 0.6 is 11.3 Å². The van der Waals surface area contributed by atoms with E-state index in [-0.39, 0.29) is 6.10 Å². The molecule has 124 valence electrons. The van der Waals surface area contributed by atoms with Crippen molar-refractivity contribution in [1.82, 2.24) is 15.0 Å². The molecule has 7 heteroatoms. The molecule has 0 aromatic carbocycles. The lowest BCUT2D eigenvalue weighted by Crippen LogP contribution is -2.24. The van der Waals surface area contributed by atoms with Gasteiger partial charge < -0.3 is 14.9 Å². The van der Waals surface area contributed by atoms with Crippen LogP contribution in [0.4, 0.5) is 11.8 Å². The number of aliphatic hydroxyl groups is 1. The Bertz CT molecular complexity index is 659. The minimum absolute atomic E-state index is 0.254. The molecule has 0 aliphatic carbocycles. The second-order valence-electron chi connectivity index (χ2n) is 6.29. The van der Waals surface area contributed by atoms with Crippen molar-refractivity contribution in [3.63, 3.8) is 0 Å². The quantitative estimate of drug-likeness (QED) is 0.905. The van der Waals surface area contributed by atoms with E-state index in [1.54, 1.807) is 17.5 Å². The first-order valence-corrected chi connectivity index (χ1v) is 8.82. The van der Waals surface area contributed by atoms with Gasteiger partial charge in [0.15, 0.2) is 0 Å². The Morgan fingerprint density at radius 3 is 2.91 bits per heavy atom. The Morgan fingerprint density at radius 1 is 1.43 bits per heavy atom. The van der Waals surface area contributed by atoms with Crippen LogP contribution in [0.1, 0.15) is 36.9 Å². The molecule has 1 aliphatic heterocycles. The Kier molecular flexibility index (Phi) is 4.77. The van der Waals surface area contributed by atoms with E-state index in [0.29, 0.717) is 25.0 Å². The topological polar surface area (TPSA) is 65.4 Å². The molecule has 1 aliphatic rings. The van der Waals surface area contributed by atoms with Crippen molar-refractivity contribution >= 4 is 23.1 Å². The van der Waals surface area contributed by atoms with Gasteiger partial charge in [0, 0.05) is 37.6 Å². The fraction of sp³-hybridized carbons (Fsp3) is 0.562. The highest BCUT2D eigenvalue weighted by molar-refractivity contribution is 7.09.